The van der Waals surface area contributed by atoms with E-state index in [4.69, 9.17) is 4.74 Å². The summed E-state index contributed by atoms with van der Waals surface area (Å²) in [5, 5.41) is 10.2. The molecule has 8 nitrogen and oxygen atoms in total. The summed E-state index contributed by atoms with van der Waals surface area (Å²) in [6.07, 6.45) is 5.68. The van der Waals surface area contributed by atoms with Crippen LogP contribution in [-0.2, 0) is 14.8 Å². The largest absolute Gasteiger partial charge is 0.376 e. The molecule has 3 atom stereocenters. The molecule has 2 aliphatic heterocycles. The van der Waals surface area contributed by atoms with Gasteiger partial charge < -0.3 is 10.1 Å². The molecule has 23 heavy (non-hydrogen) atoms. The number of sulfonamides is 1. The maximum atomic E-state index is 12.3. The highest BCUT2D eigenvalue weighted by Crippen LogP contribution is 2.29. The number of piperidine rings is 1. The van der Waals surface area contributed by atoms with Crippen LogP contribution in [0, 0.1) is 5.92 Å². The molecule has 3 heterocycles. The van der Waals surface area contributed by atoms with Gasteiger partial charge in [0.25, 0.3) is 5.91 Å². The van der Waals surface area contributed by atoms with Crippen LogP contribution in [0.3, 0.4) is 0 Å². The highest BCUT2D eigenvalue weighted by atomic mass is 32.2. The standard InChI is InChI=1S/C14H20N4O4S/c1-23(20,21)18-8-11-3-2-6-22-13(11)12(9-18)17-14(19)10-4-5-15-16-7-10/h4-5,7,11-13H,2-3,6,8-9H2,1H3,(H,17,19)/t11-,12+,13-/m0/s1. The van der Waals surface area contributed by atoms with Crippen LogP contribution < -0.4 is 5.32 Å². The zero-order chi connectivity index (χ0) is 16.4. The third-order valence-electron chi connectivity index (χ3n) is 4.36. The third kappa shape index (κ3) is 3.67. The lowest BCUT2D eigenvalue weighted by molar-refractivity contribution is -0.0704. The molecule has 126 valence electrons. The van der Waals surface area contributed by atoms with E-state index < -0.39 is 10.0 Å². The maximum Gasteiger partial charge on any atom is 0.253 e. The number of fused-ring (bicyclic) bond motifs is 1. The van der Waals surface area contributed by atoms with Gasteiger partial charge in [-0.1, -0.05) is 0 Å². The van der Waals surface area contributed by atoms with Gasteiger partial charge in [-0.05, 0) is 18.9 Å². The van der Waals surface area contributed by atoms with E-state index in [0.29, 0.717) is 18.7 Å². The number of carbonyl (C=O) groups excluding carboxylic acids is 1. The lowest BCUT2D eigenvalue weighted by Gasteiger charge is -2.45. The molecule has 3 rings (SSSR count). The van der Waals surface area contributed by atoms with E-state index in [1.54, 1.807) is 6.07 Å². The molecule has 1 aromatic heterocycles. The number of carbonyl (C=O) groups is 1. The number of hydrogen-bond donors (Lipinski definition) is 1. The van der Waals surface area contributed by atoms with Gasteiger partial charge in [0.15, 0.2) is 0 Å². The molecule has 9 heteroatoms. The summed E-state index contributed by atoms with van der Waals surface area (Å²) < 4.78 is 31.1. The average Bonchev–Trinajstić information content (AvgIpc) is 2.54. The van der Waals surface area contributed by atoms with Crippen molar-refractivity contribution >= 4 is 15.9 Å². The molecule has 0 aromatic carbocycles. The van der Waals surface area contributed by atoms with Crippen LogP contribution in [-0.4, -0.2) is 66.9 Å². The quantitative estimate of drug-likeness (QED) is 0.807. The predicted octanol–water partition coefficient (Wildman–Crippen LogP) is -0.355. The number of hydrogen-bond acceptors (Lipinski definition) is 6. The number of nitrogens with zero attached hydrogens (tertiary/aromatic N) is 3. The second kappa shape index (κ2) is 6.50. The Kier molecular flexibility index (Phi) is 4.60. The Bertz CT molecular complexity index is 667. The Morgan fingerprint density at radius 1 is 1.39 bits per heavy atom. The lowest BCUT2D eigenvalue weighted by atomic mass is 9.86. The molecule has 0 aliphatic carbocycles. The van der Waals surface area contributed by atoms with E-state index in [-0.39, 0.29) is 30.5 Å². The minimum Gasteiger partial charge on any atom is -0.376 e. The number of rotatable bonds is 3. The summed E-state index contributed by atoms with van der Waals surface area (Å²) in [6.45, 7) is 1.32. The van der Waals surface area contributed by atoms with Gasteiger partial charge in [-0.2, -0.15) is 14.5 Å². The SMILES string of the molecule is CS(=O)(=O)N1C[C@@H]2CCCO[C@@H]2[C@H](NC(=O)c2ccnnc2)C1. The molecule has 1 N–H and O–H groups in total. The molecule has 0 unspecified atom stereocenters. The van der Waals surface area contributed by atoms with Crippen molar-refractivity contribution in [1.29, 1.82) is 0 Å². The second-order valence-corrected chi connectivity index (χ2v) is 8.01. The van der Waals surface area contributed by atoms with Gasteiger partial charge in [0.05, 0.1) is 36.4 Å². The lowest BCUT2D eigenvalue weighted by Crippen LogP contribution is -2.61. The minimum atomic E-state index is -3.31. The maximum absolute atomic E-state index is 12.3. The smallest absolute Gasteiger partial charge is 0.253 e. The summed E-state index contributed by atoms with van der Waals surface area (Å²) in [7, 11) is -3.31. The van der Waals surface area contributed by atoms with E-state index in [1.165, 1.54) is 23.0 Å². The number of ether oxygens (including phenoxy) is 1. The first-order valence-corrected chi connectivity index (χ1v) is 9.44. The van der Waals surface area contributed by atoms with E-state index in [0.717, 1.165) is 12.8 Å². The molecule has 0 spiro atoms. The van der Waals surface area contributed by atoms with Crippen molar-refractivity contribution in [3.8, 4) is 0 Å². The van der Waals surface area contributed by atoms with Crippen LogP contribution in [0.1, 0.15) is 23.2 Å². The fraction of sp³-hybridized carbons (Fsp3) is 0.643. The Balaban J connectivity index is 1.78. The Labute approximate surface area is 135 Å². The van der Waals surface area contributed by atoms with Crippen LogP contribution in [0.4, 0.5) is 0 Å². The van der Waals surface area contributed by atoms with Crippen molar-refractivity contribution in [3.63, 3.8) is 0 Å². The zero-order valence-electron chi connectivity index (χ0n) is 12.9. The molecule has 0 bridgehead atoms. The Morgan fingerprint density at radius 3 is 2.91 bits per heavy atom. The van der Waals surface area contributed by atoms with Crippen LogP contribution in [0.15, 0.2) is 18.5 Å². The monoisotopic (exact) mass is 340 g/mol. The topological polar surface area (TPSA) is 101 Å². The van der Waals surface area contributed by atoms with Crippen molar-refractivity contribution in [2.75, 3.05) is 26.0 Å². The fourth-order valence-electron chi connectivity index (χ4n) is 3.24. The fourth-order valence-corrected chi connectivity index (χ4v) is 4.13. The first kappa shape index (κ1) is 16.3. The Morgan fingerprint density at radius 2 is 2.22 bits per heavy atom. The molecule has 1 amide bonds. The minimum absolute atomic E-state index is 0.105. The summed E-state index contributed by atoms with van der Waals surface area (Å²) in [6, 6.07) is 1.20. The average molecular weight is 340 g/mol. The molecule has 2 aliphatic rings. The number of amides is 1. The highest BCUT2D eigenvalue weighted by Gasteiger charge is 2.42. The molecule has 1 aromatic rings. The van der Waals surface area contributed by atoms with Gasteiger partial charge in [-0.3, -0.25) is 4.79 Å². The van der Waals surface area contributed by atoms with Crippen LogP contribution in [0.5, 0.6) is 0 Å². The van der Waals surface area contributed by atoms with Crippen LogP contribution in [0.2, 0.25) is 0 Å². The van der Waals surface area contributed by atoms with Gasteiger partial charge in [0.1, 0.15) is 0 Å². The molecule has 2 fully saturated rings. The van der Waals surface area contributed by atoms with Crippen molar-refractivity contribution in [3.05, 3.63) is 24.0 Å². The Hall–Kier alpha value is -1.58. The second-order valence-electron chi connectivity index (χ2n) is 6.03. The summed E-state index contributed by atoms with van der Waals surface area (Å²) >= 11 is 0. The number of aromatic nitrogens is 2. The first-order chi connectivity index (χ1) is 10.9. The summed E-state index contributed by atoms with van der Waals surface area (Å²) in [4.78, 5) is 12.3. The molecular formula is C14H20N4O4S. The van der Waals surface area contributed by atoms with E-state index in [2.05, 4.69) is 15.5 Å². The summed E-state index contributed by atoms with van der Waals surface area (Å²) in [5.41, 5.74) is 0.392. The van der Waals surface area contributed by atoms with Gasteiger partial charge in [0, 0.05) is 25.6 Å². The van der Waals surface area contributed by atoms with Crippen molar-refractivity contribution < 1.29 is 17.9 Å². The van der Waals surface area contributed by atoms with Crippen LogP contribution in [0.25, 0.3) is 0 Å². The van der Waals surface area contributed by atoms with Crippen LogP contribution >= 0.6 is 0 Å². The number of nitrogens with one attached hydrogen (secondary N) is 1. The van der Waals surface area contributed by atoms with Gasteiger partial charge in [-0.15, -0.1) is 0 Å². The highest BCUT2D eigenvalue weighted by molar-refractivity contribution is 7.88. The van der Waals surface area contributed by atoms with Crippen molar-refractivity contribution in [2.45, 2.75) is 25.0 Å². The molecular weight excluding hydrogens is 320 g/mol. The predicted molar refractivity (Wildman–Crippen MR) is 82.2 cm³/mol. The van der Waals surface area contributed by atoms with E-state index in [1.807, 2.05) is 0 Å². The normalized spacial score (nSPS) is 28.8. The summed E-state index contributed by atoms with van der Waals surface area (Å²) in [5.74, 6) is -0.193. The zero-order valence-corrected chi connectivity index (χ0v) is 13.7. The molecule has 0 radical (unpaired) electrons. The van der Waals surface area contributed by atoms with Gasteiger partial charge in [0.2, 0.25) is 10.0 Å². The van der Waals surface area contributed by atoms with E-state index >= 15 is 0 Å². The van der Waals surface area contributed by atoms with E-state index in [9.17, 15) is 13.2 Å². The third-order valence-corrected chi connectivity index (χ3v) is 5.60. The van der Waals surface area contributed by atoms with Crippen molar-refractivity contribution in [1.82, 2.24) is 19.8 Å². The van der Waals surface area contributed by atoms with Crippen molar-refractivity contribution in [2.24, 2.45) is 5.92 Å². The first-order valence-electron chi connectivity index (χ1n) is 7.59. The molecule has 2 saturated heterocycles. The molecule has 0 saturated carbocycles. The van der Waals surface area contributed by atoms with Gasteiger partial charge >= 0.3 is 0 Å². The van der Waals surface area contributed by atoms with Gasteiger partial charge in [-0.25, -0.2) is 8.42 Å².